The summed E-state index contributed by atoms with van der Waals surface area (Å²) in [6, 6.07) is 7.57. The van der Waals surface area contributed by atoms with Gasteiger partial charge < -0.3 is 14.2 Å². The zero-order valence-electron chi connectivity index (χ0n) is 14.6. The SMILES string of the molecule is COc1ccc(OC[C@H]2Cn3c(nc4c3c(=O)n(C)c(=O)n4C)O2)cc1. The van der Waals surface area contributed by atoms with Crippen molar-refractivity contribution in [2.75, 3.05) is 13.7 Å². The zero-order valence-corrected chi connectivity index (χ0v) is 14.6. The van der Waals surface area contributed by atoms with Gasteiger partial charge in [-0.15, -0.1) is 0 Å². The first-order chi connectivity index (χ1) is 12.5. The van der Waals surface area contributed by atoms with Crippen molar-refractivity contribution >= 4 is 11.2 Å². The minimum atomic E-state index is -0.418. The van der Waals surface area contributed by atoms with E-state index in [9.17, 15) is 9.59 Å². The molecule has 26 heavy (non-hydrogen) atoms. The quantitative estimate of drug-likeness (QED) is 0.666. The number of benzene rings is 1. The second kappa shape index (κ2) is 5.94. The lowest BCUT2D eigenvalue weighted by molar-refractivity contribution is 0.143. The van der Waals surface area contributed by atoms with Crippen molar-refractivity contribution in [3.63, 3.8) is 0 Å². The summed E-state index contributed by atoms with van der Waals surface area (Å²) >= 11 is 0. The van der Waals surface area contributed by atoms with Crippen molar-refractivity contribution in [1.82, 2.24) is 18.7 Å². The van der Waals surface area contributed by atoms with E-state index in [1.165, 1.54) is 11.6 Å². The summed E-state index contributed by atoms with van der Waals surface area (Å²) < 4.78 is 20.7. The molecular formula is C17H18N4O5. The van der Waals surface area contributed by atoms with Crippen molar-refractivity contribution in [1.29, 1.82) is 0 Å². The van der Waals surface area contributed by atoms with E-state index in [1.54, 1.807) is 18.7 Å². The first kappa shape index (κ1) is 16.2. The van der Waals surface area contributed by atoms with Crippen LogP contribution >= 0.6 is 0 Å². The Morgan fingerprint density at radius 3 is 2.54 bits per heavy atom. The van der Waals surface area contributed by atoms with E-state index < -0.39 is 5.69 Å². The molecule has 0 saturated heterocycles. The number of hydrogen-bond acceptors (Lipinski definition) is 6. The smallest absolute Gasteiger partial charge is 0.332 e. The van der Waals surface area contributed by atoms with Crippen LogP contribution in [0.2, 0.25) is 0 Å². The average molecular weight is 358 g/mol. The molecule has 0 N–H and O–H groups in total. The summed E-state index contributed by atoms with van der Waals surface area (Å²) in [6.45, 7) is 0.735. The van der Waals surface area contributed by atoms with E-state index >= 15 is 0 Å². The Morgan fingerprint density at radius 2 is 1.85 bits per heavy atom. The molecule has 0 amide bonds. The van der Waals surface area contributed by atoms with E-state index in [0.717, 1.165) is 10.3 Å². The van der Waals surface area contributed by atoms with E-state index in [2.05, 4.69) is 4.98 Å². The highest BCUT2D eigenvalue weighted by Gasteiger charge is 2.30. The van der Waals surface area contributed by atoms with Crippen LogP contribution in [0.1, 0.15) is 0 Å². The molecule has 0 saturated carbocycles. The third-order valence-electron chi connectivity index (χ3n) is 4.47. The first-order valence-electron chi connectivity index (χ1n) is 8.09. The largest absolute Gasteiger partial charge is 0.497 e. The van der Waals surface area contributed by atoms with Crippen LogP contribution in [0.25, 0.3) is 11.2 Å². The Bertz CT molecular complexity index is 1090. The maximum absolute atomic E-state index is 12.5. The van der Waals surface area contributed by atoms with Gasteiger partial charge in [0.05, 0.1) is 13.7 Å². The van der Waals surface area contributed by atoms with Gasteiger partial charge in [-0.3, -0.25) is 18.5 Å². The minimum absolute atomic E-state index is 0.272. The molecule has 1 aromatic carbocycles. The van der Waals surface area contributed by atoms with E-state index in [-0.39, 0.29) is 11.7 Å². The van der Waals surface area contributed by atoms with Crippen LogP contribution < -0.4 is 25.5 Å². The molecule has 0 radical (unpaired) electrons. The van der Waals surface area contributed by atoms with Gasteiger partial charge in [0.1, 0.15) is 18.1 Å². The fraction of sp³-hybridized carbons (Fsp3) is 0.353. The van der Waals surface area contributed by atoms with Crippen LogP contribution in [0, 0.1) is 0 Å². The number of hydrogen-bond donors (Lipinski definition) is 0. The molecule has 3 aromatic rings. The summed E-state index contributed by atoms with van der Waals surface area (Å²) in [4.78, 5) is 28.8. The fourth-order valence-corrected chi connectivity index (χ4v) is 3.02. The predicted octanol–water partition coefficient (Wildman–Crippen LogP) is 0.282. The van der Waals surface area contributed by atoms with E-state index in [4.69, 9.17) is 14.2 Å². The van der Waals surface area contributed by atoms with Crippen LogP contribution in [0.3, 0.4) is 0 Å². The monoisotopic (exact) mass is 358 g/mol. The Hall–Kier alpha value is -3.23. The molecule has 3 heterocycles. The predicted molar refractivity (Wildman–Crippen MR) is 93.1 cm³/mol. The topological polar surface area (TPSA) is 89.5 Å². The van der Waals surface area contributed by atoms with Crippen LogP contribution in [-0.2, 0) is 20.6 Å². The lowest BCUT2D eigenvalue weighted by Gasteiger charge is -2.12. The summed E-state index contributed by atoms with van der Waals surface area (Å²) in [5, 5.41) is 0. The van der Waals surface area contributed by atoms with Gasteiger partial charge in [0.25, 0.3) is 11.6 Å². The lowest BCUT2D eigenvalue weighted by Crippen LogP contribution is -2.37. The van der Waals surface area contributed by atoms with Crippen LogP contribution in [0.4, 0.5) is 0 Å². The number of ether oxygens (including phenoxy) is 3. The molecule has 1 aliphatic heterocycles. The van der Waals surface area contributed by atoms with Gasteiger partial charge in [-0.1, -0.05) is 0 Å². The highest BCUT2D eigenvalue weighted by molar-refractivity contribution is 5.72. The molecule has 0 unspecified atom stereocenters. The number of rotatable bonds is 4. The summed E-state index contributed by atoms with van der Waals surface area (Å²) in [7, 11) is 4.63. The number of methoxy groups -OCH3 is 1. The van der Waals surface area contributed by atoms with E-state index in [1.807, 2.05) is 24.3 Å². The Kier molecular flexibility index (Phi) is 3.71. The molecular weight excluding hydrogens is 340 g/mol. The molecule has 4 rings (SSSR count). The summed E-state index contributed by atoms with van der Waals surface area (Å²) in [5.41, 5.74) is -0.125. The normalized spacial score (nSPS) is 15.7. The van der Waals surface area contributed by atoms with Crippen molar-refractivity contribution < 1.29 is 14.2 Å². The Labute approximate surface area is 148 Å². The van der Waals surface area contributed by atoms with Gasteiger partial charge in [-0.2, -0.15) is 4.98 Å². The lowest BCUT2D eigenvalue weighted by atomic mass is 10.3. The molecule has 1 atom stereocenters. The molecule has 2 aromatic heterocycles. The zero-order chi connectivity index (χ0) is 18.4. The van der Waals surface area contributed by atoms with E-state index in [0.29, 0.717) is 36.1 Å². The van der Waals surface area contributed by atoms with Gasteiger partial charge in [0.2, 0.25) is 0 Å². The molecule has 0 bridgehead atoms. The first-order valence-corrected chi connectivity index (χ1v) is 8.09. The second-order valence-corrected chi connectivity index (χ2v) is 6.11. The molecule has 9 nitrogen and oxygen atoms in total. The number of nitrogens with zero attached hydrogens (tertiary/aromatic N) is 4. The molecule has 9 heteroatoms. The van der Waals surface area contributed by atoms with Crippen LogP contribution in [0.15, 0.2) is 33.9 Å². The van der Waals surface area contributed by atoms with Gasteiger partial charge in [0, 0.05) is 14.1 Å². The van der Waals surface area contributed by atoms with Crippen LogP contribution in [0.5, 0.6) is 17.5 Å². The van der Waals surface area contributed by atoms with Gasteiger partial charge in [-0.25, -0.2) is 4.79 Å². The summed E-state index contributed by atoms with van der Waals surface area (Å²) in [6.07, 6.45) is -0.272. The highest BCUT2D eigenvalue weighted by Crippen LogP contribution is 2.26. The Morgan fingerprint density at radius 1 is 1.15 bits per heavy atom. The summed E-state index contributed by atoms with van der Waals surface area (Å²) in [5.74, 6) is 1.45. The number of aromatic nitrogens is 4. The second-order valence-electron chi connectivity index (χ2n) is 6.11. The maximum atomic E-state index is 12.5. The van der Waals surface area contributed by atoms with Crippen LogP contribution in [-0.4, -0.2) is 38.5 Å². The average Bonchev–Trinajstić information content (AvgIpc) is 3.21. The van der Waals surface area contributed by atoms with Gasteiger partial charge >= 0.3 is 5.69 Å². The number of imidazole rings is 1. The van der Waals surface area contributed by atoms with Crippen molar-refractivity contribution in [2.45, 2.75) is 12.6 Å². The van der Waals surface area contributed by atoms with Crippen molar-refractivity contribution in [3.05, 3.63) is 45.1 Å². The molecule has 0 aliphatic carbocycles. The maximum Gasteiger partial charge on any atom is 0.332 e. The standard InChI is InChI=1S/C17H18N4O5/c1-19-14-13(15(22)20(2)17(19)23)21-8-12(26-16(21)18-14)9-25-11-6-4-10(24-3)5-7-11/h4-7,12H,8-9H2,1-3H3/t12-/m1/s1. The molecule has 136 valence electrons. The van der Waals surface area contributed by atoms with Gasteiger partial charge in [-0.05, 0) is 24.3 Å². The fourth-order valence-electron chi connectivity index (χ4n) is 3.02. The third-order valence-corrected chi connectivity index (χ3v) is 4.47. The van der Waals surface area contributed by atoms with Gasteiger partial charge in [0.15, 0.2) is 17.3 Å². The Balaban J connectivity index is 1.56. The highest BCUT2D eigenvalue weighted by atomic mass is 16.6. The van der Waals surface area contributed by atoms with Crippen molar-refractivity contribution in [3.8, 4) is 17.5 Å². The third kappa shape index (κ3) is 2.43. The molecule has 0 spiro atoms. The minimum Gasteiger partial charge on any atom is -0.497 e. The molecule has 0 fully saturated rings. The molecule has 1 aliphatic rings. The number of fused-ring (bicyclic) bond motifs is 3. The number of aryl methyl sites for hydroxylation is 1. The van der Waals surface area contributed by atoms with Crippen molar-refractivity contribution in [2.24, 2.45) is 14.1 Å².